The minimum absolute atomic E-state index is 0.737. The second-order valence-electron chi connectivity index (χ2n) is 3.55. The Labute approximate surface area is 88.3 Å². The second-order valence-corrected chi connectivity index (χ2v) is 3.55. The number of nitrogens with one attached hydrogen (secondary N) is 1. The number of rotatable bonds is 3. The molecule has 0 aliphatic carbocycles. The number of nitrogens with two attached hydrogens (primary N) is 1. The molecule has 0 aliphatic heterocycles. The van der Waals surface area contributed by atoms with Crippen molar-refractivity contribution in [1.82, 2.24) is 19.7 Å². The van der Waals surface area contributed by atoms with Crippen LogP contribution < -0.4 is 5.73 Å². The minimum Gasteiger partial charge on any atom is -0.384 e. The minimum atomic E-state index is 0.737. The highest BCUT2D eigenvalue weighted by Gasteiger charge is 2.15. The van der Waals surface area contributed by atoms with Gasteiger partial charge in [0.05, 0.1) is 18.2 Å². The smallest absolute Gasteiger partial charge is 0.125 e. The standard InChI is InChI=1S/C10H15N5/c1-3-4-7-9(8-5-12-6-13-8)14-15(2)10(7)11/h5-6H,3-4,11H2,1-2H3,(H,12,13). The van der Waals surface area contributed by atoms with Crippen molar-refractivity contribution < 1.29 is 0 Å². The number of nitrogen functional groups attached to an aromatic ring is 1. The van der Waals surface area contributed by atoms with Gasteiger partial charge in [0.15, 0.2) is 0 Å². The van der Waals surface area contributed by atoms with Crippen molar-refractivity contribution in [2.45, 2.75) is 19.8 Å². The van der Waals surface area contributed by atoms with E-state index in [0.717, 1.165) is 35.6 Å². The molecule has 0 bridgehead atoms. The second kappa shape index (κ2) is 3.76. The average Bonchev–Trinajstić information content (AvgIpc) is 2.81. The van der Waals surface area contributed by atoms with Gasteiger partial charge in [0.25, 0.3) is 0 Å². The molecule has 0 atom stereocenters. The predicted molar refractivity (Wildman–Crippen MR) is 59.2 cm³/mol. The molecule has 0 fully saturated rings. The lowest BCUT2D eigenvalue weighted by molar-refractivity contribution is 0.780. The fourth-order valence-electron chi connectivity index (χ4n) is 1.68. The van der Waals surface area contributed by atoms with Crippen LogP contribution in [0.15, 0.2) is 12.5 Å². The van der Waals surface area contributed by atoms with Gasteiger partial charge in [-0.3, -0.25) is 4.68 Å². The van der Waals surface area contributed by atoms with Crippen molar-refractivity contribution in [3.63, 3.8) is 0 Å². The van der Waals surface area contributed by atoms with Crippen LogP contribution in [0.5, 0.6) is 0 Å². The van der Waals surface area contributed by atoms with Crippen molar-refractivity contribution >= 4 is 5.82 Å². The first-order valence-electron chi connectivity index (χ1n) is 5.04. The molecular formula is C10H15N5. The maximum Gasteiger partial charge on any atom is 0.125 e. The summed E-state index contributed by atoms with van der Waals surface area (Å²) in [4.78, 5) is 7.04. The molecular weight excluding hydrogens is 190 g/mol. The van der Waals surface area contributed by atoms with Gasteiger partial charge in [-0.2, -0.15) is 5.10 Å². The van der Waals surface area contributed by atoms with Crippen LogP contribution in [0.3, 0.4) is 0 Å². The summed E-state index contributed by atoms with van der Waals surface area (Å²) in [5.41, 5.74) is 8.90. The van der Waals surface area contributed by atoms with Crippen molar-refractivity contribution in [2.24, 2.45) is 7.05 Å². The van der Waals surface area contributed by atoms with Gasteiger partial charge in [0.2, 0.25) is 0 Å². The summed E-state index contributed by atoms with van der Waals surface area (Å²) in [7, 11) is 1.86. The summed E-state index contributed by atoms with van der Waals surface area (Å²) < 4.78 is 1.71. The first-order valence-corrected chi connectivity index (χ1v) is 5.04. The number of hydrogen-bond donors (Lipinski definition) is 2. The molecule has 2 heterocycles. The number of hydrogen-bond acceptors (Lipinski definition) is 3. The molecule has 5 heteroatoms. The average molecular weight is 205 g/mol. The van der Waals surface area contributed by atoms with Gasteiger partial charge >= 0.3 is 0 Å². The Kier molecular flexibility index (Phi) is 2.45. The highest BCUT2D eigenvalue weighted by atomic mass is 15.3. The highest BCUT2D eigenvalue weighted by molar-refractivity contribution is 5.64. The lowest BCUT2D eigenvalue weighted by atomic mass is 10.1. The number of aryl methyl sites for hydroxylation is 1. The van der Waals surface area contributed by atoms with E-state index in [-0.39, 0.29) is 0 Å². The first kappa shape index (κ1) is 9.76. The van der Waals surface area contributed by atoms with Gasteiger partial charge in [-0.1, -0.05) is 13.3 Å². The summed E-state index contributed by atoms with van der Waals surface area (Å²) in [5.74, 6) is 0.737. The monoisotopic (exact) mass is 205 g/mol. The first-order chi connectivity index (χ1) is 7.24. The van der Waals surface area contributed by atoms with E-state index < -0.39 is 0 Å². The highest BCUT2D eigenvalue weighted by Crippen LogP contribution is 2.25. The quantitative estimate of drug-likeness (QED) is 0.794. The molecule has 0 saturated carbocycles. The number of H-pyrrole nitrogens is 1. The van der Waals surface area contributed by atoms with Crippen LogP contribution in [0.4, 0.5) is 5.82 Å². The van der Waals surface area contributed by atoms with E-state index in [1.54, 1.807) is 17.2 Å². The van der Waals surface area contributed by atoms with E-state index in [4.69, 9.17) is 5.73 Å². The van der Waals surface area contributed by atoms with Crippen molar-refractivity contribution in [1.29, 1.82) is 0 Å². The van der Waals surface area contributed by atoms with Gasteiger partial charge in [0.1, 0.15) is 11.5 Å². The maximum atomic E-state index is 5.96. The third-order valence-electron chi connectivity index (χ3n) is 2.45. The zero-order valence-electron chi connectivity index (χ0n) is 8.99. The SMILES string of the molecule is CCCc1c(-c2cnc[nH]2)nn(C)c1N. The molecule has 0 spiro atoms. The Morgan fingerprint density at radius 2 is 2.33 bits per heavy atom. The molecule has 0 aromatic carbocycles. The predicted octanol–water partition coefficient (Wildman–Crippen LogP) is 1.34. The van der Waals surface area contributed by atoms with E-state index in [0.29, 0.717) is 0 Å². The molecule has 0 saturated heterocycles. The summed E-state index contributed by atoms with van der Waals surface area (Å²) in [6.45, 7) is 2.13. The molecule has 0 amide bonds. The maximum absolute atomic E-state index is 5.96. The Hall–Kier alpha value is -1.78. The molecule has 3 N–H and O–H groups in total. The van der Waals surface area contributed by atoms with Gasteiger partial charge in [0, 0.05) is 12.6 Å². The largest absolute Gasteiger partial charge is 0.384 e. The van der Waals surface area contributed by atoms with E-state index in [1.165, 1.54) is 0 Å². The van der Waals surface area contributed by atoms with Crippen LogP contribution in [-0.2, 0) is 13.5 Å². The summed E-state index contributed by atoms with van der Waals surface area (Å²) >= 11 is 0. The van der Waals surface area contributed by atoms with Crippen LogP contribution in [0.2, 0.25) is 0 Å². The van der Waals surface area contributed by atoms with Gasteiger partial charge in [-0.15, -0.1) is 0 Å². The van der Waals surface area contributed by atoms with Gasteiger partial charge in [-0.25, -0.2) is 4.98 Å². The molecule has 0 radical (unpaired) electrons. The molecule has 2 aromatic rings. The van der Waals surface area contributed by atoms with Crippen LogP contribution in [0.1, 0.15) is 18.9 Å². The number of anilines is 1. The Bertz CT molecular complexity index is 441. The number of aromatic nitrogens is 4. The third kappa shape index (κ3) is 1.60. The zero-order valence-corrected chi connectivity index (χ0v) is 8.99. The van der Waals surface area contributed by atoms with Gasteiger partial charge < -0.3 is 10.7 Å². The summed E-state index contributed by atoms with van der Waals surface area (Å²) in [6.07, 6.45) is 5.40. The molecule has 5 nitrogen and oxygen atoms in total. The molecule has 2 aromatic heterocycles. The van der Waals surface area contributed by atoms with E-state index >= 15 is 0 Å². The van der Waals surface area contributed by atoms with E-state index in [2.05, 4.69) is 22.0 Å². The van der Waals surface area contributed by atoms with Crippen molar-refractivity contribution in [3.05, 3.63) is 18.1 Å². The Balaban J connectivity index is 2.51. The Morgan fingerprint density at radius 3 is 2.93 bits per heavy atom. The lowest BCUT2D eigenvalue weighted by Gasteiger charge is -1.99. The normalized spacial score (nSPS) is 10.8. The fourth-order valence-corrected chi connectivity index (χ4v) is 1.68. The van der Waals surface area contributed by atoms with E-state index in [1.807, 2.05) is 7.05 Å². The number of imidazole rings is 1. The van der Waals surface area contributed by atoms with Crippen molar-refractivity contribution in [3.8, 4) is 11.4 Å². The van der Waals surface area contributed by atoms with Crippen LogP contribution in [0, 0.1) is 0 Å². The fraction of sp³-hybridized carbons (Fsp3) is 0.400. The van der Waals surface area contributed by atoms with Crippen LogP contribution in [-0.4, -0.2) is 19.7 Å². The molecule has 2 rings (SSSR count). The lowest BCUT2D eigenvalue weighted by Crippen LogP contribution is -1.99. The van der Waals surface area contributed by atoms with Gasteiger partial charge in [-0.05, 0) is 6.42 Å². The number of nitrogens with zero attached hydrogens (tertiary/aromatic N) is 3. The summed E-state index contributed by atoms with van der Waals surface area (Å²) in [6, 6.07) is 0. The van der Waals surface area contributed by atoms with Crippen LogP contribution >= 0.6 is 0 Å². The molecule has 15 heavy (non-hydrogen) atoms. The van der Waals surface area contributed by atoms with Crippen LogP contribution in [0.25, 0.3) is 11.4 Å². The number of aromatic amines is 1. The van der Waals surface area contributed by atoms with Crippen molar-refractivity contribution in [2.75, 3.05) is 5.73 Å². The zero-order chi connectivity index (χ0) is 10.8. The Morgan fingerprint density at radius 1 is 1.53 bits per heavy atom. The molecule has 0 aliphatic rings. The topological polar surface area (TPSA) is 72.5 Å². The third-order valence-corrected chi connectivity index (χ3v) is 2.45. The molecule has 80 valence electrons. The molecule has 0 unspecified atom stereocenters. The van der Waals surface area contributed by atoms with E-state index in [9.17, 15) is 0 Å². The summed E-state index contributed by atoms with van der Waals surface area (Å²) in [5, 5.41) is 4.39.